The second-order valence-corrected chi connectivity index (χ2v) is 6.50. The predicted octanol–water partition coefficient (Wildman–Crippen LogP) is 4.22. The fourth-order valence-corrected chi connectivity index (χ4v) is 3.42. The summed E-state index contributed by atoms with van der Waals surface area (Å²) >= 11 is 1.41. The first-order chi connectivity index (χ1) is 12.1. The molecule has 4 rings (SSSR count). The van der Waals surface area contributed by atoms with Crippen LogP contribution in [0.4, 0.5) is 5.69 Å². The Morgan fingerprint density at radius 1 is 1.12 bits per heavy atom. The van der Waals surface area contributed by atoms with Gasteiger partial charge in [0, 0.05) is 23.2 Å². The van der Waals surface area contributed by atoms with Crippen LogP contribution in [0.15, 0.2) is 53.3 Å². The van der Waals surface area contributed by atoms with Crippen LogP contribution in [-0.2, 0) is 0 Å². The molecule has 0 aliphatic heterocycles. The van der Waals surface area contributed by atoms with Gasteiger partial charge < -0.3 is 4.98 Å². The van der Waals surface area contributed by atoms with Gasteiger partial charge >= 0.3 is 0 Å². The van der Waals surface area contributed by atoms with Crippen molar-refractivity contribution in [3.8, 4) is 0 Å². The number of aromatic nitrogens is 2. The predicted molar refractivity (Wildman–Crippen MR) is 99.8 cm³/mol. The summed E-state index contributed by atoms with van der Waals surface area (Å²) in [4.78, 5) is 29.8. The van der Waals surface area contributed by atoms with E-state index in [1.807, 2.05) is 30.3 Å². The van der Waals surface area contributed by atoms with Crippen LogP contribution in [-0.4, -0.2) is 14.9 Å². The van der Waals surface area contributed by atoms with E-state index in [0.717, 1.165) is 15.6 Å². The SMILES string of the molecule is O=c1[nH]c2ccccc2cc1/C=C\c1nc2cc([N+](=O)[O-])ccc2s1. The monoisotopic (exact) mass is 349 g/mol. The van der Waals surface area contributed by atoms with Crippen LogP contribution in [0.3, 0.4) is 0 Å². The van der Waals surface area contributed by atoms with E-state index in [4.69, 9.17) is 0 Å². The Hall–Kier alpha value is -3.32. The lowest BCUT2D eigenvalue weighted by molar-refractivity contribution is -0.384. The zero-order chi connectivity index (χ0) is 17.4. The van der Waals surface area contributed by atoms with Crippen LogP contribution in [0.2, 0.25) is 0 Å². The molecule has 0 spiro atoms. The molecular weight excluding hydrogens is 338 g/mol. The molecule has 0 aliphatic rings. The number of rotatable bonds is 3. The topological polar surface area (TPSA) is 88.9 Å². The first-order valence-corrected chi connectivity index (χ1v) is 8.27. The van der Waals surface area contributed by atoms with E-state index in [9.17, 15) is 14.9 Å². The zero-order valence-corrected chi connectivity index (χ0v) is 13.6. The van der Waals surface area contributed by atoms with Crippen molar-refractivity contribution in [3.05, 3.63) is 79.6 Å². The molecule has 0 saturated carbocycles. The summed E-state index contributed by atoms with van der Waals surface area (Å²) in [5.41, 5.74) is 1.73. The van der Waals surface area contributed by atoms with Gasteiger partial charge in [-0.2, -0.15) is 0 Å². The molecule has 0 aliphatic carbocycles. The molecule has 2 heterocycles. The van der Waals surface area contributed by atoms with E-state index >= 15 is 0 Å². The van der Waals surface area contributed by atoms with Crippen molar-refractivity contribution in [2.24, 2.45) is 0 Å². The standard InChI is InChI=1S/C18H11N3O3S/c22-18-12(9-11-3-1-2-4-14(11)20-18)5-8-17-19-15-10-13(21(23)24)6-7-16(15)25-17/h1-10H,(H,20,22)/b8-5-. The van der Waals surface area contributed by atoms with Gasteiger partial charge in [0.15, 0.2) is 0 Å². The van der Waals surface area contributed by atoms with Crippen molar-refractivity contribution in [2.75, 3.05) is 0 Å². The molecule has 1 N–H and O–H groups in total. The third kappa shape index (κ3) is 2.92. The molecule has 0 radical (unpaired) electrons. The first kappa shape index (κ1) is 15.2. The third-order valence-electron chi connectivity index (χ3n) is 3.79. The molecule has 4 aromatic rings. The first-order valence-electron chi connectivity index (χ1n) is 7.45. The summed E-state index contributed by atoms with van der Waals surface area (Å²) in [6.07, 6.45) is 3.45. The van der Waals surface area contributed by atoms with Gasteiger partial charge in [-0.1, -0.05) is 18.2 Å². The molecule has 0 fully saturated rings. The van der Waals surface area contributed by atoms with Crippen molar-refractivity contribution >= 4 is 50.3 Å². The number of aromatic amines is 1. The summed E-state index contributed by atoms with van der Waals surface area (Å²) in [5, 5.41) is 12.5. The van der Waals surface area contributed by atoms with Crippen LogP contribution in [0.5, 0.6) is 0 Å². The Bertz CT molecular complexity index is 1210. The number of thiazole rings is 1. The Morgan fingerprint density at radius 2 is 1.96 bits per heavy atom. The summed E-state index contributed by atoms with van der Waals surface area (Å²) in [7, 11) is 0. The van der Waals surface area contributed by atoms with Crippen molar-refractivity contribution in [1.29, 1.82) is 0 Å². The highest BCUT2D eigenvalue weighted by molar-refractivity contribution is 7.19. The number of para-hydroxylation sites is 1. The summed E-state index contributed by atoms with van der Waals surface area (Å²) in [6.45, 7) is 0. The van der Waals surface area contributed by atoms with Crippen LogP contribution in [0, 0.1) is 10.1 Å². The maximum absolute atomic E-state index is 12.1. The van der Waals surface area contributed by atoms with Crippen molar-refractivity contribution < 1.29 is 4.92 Å². The number of nitro groups is 1. The van der Waals surface area contributed by atoms with Crippen molar-refractivity contribution in [3.63, 3.8) is 0 Å². The lowest BCUT2D eigenvalue weighted by Gasteiger charge is -1.98. The molecule has 122 valence electrons. The van der Waals surface area contributed by atoms with Gasteiger partial charge in [-0.15, -0.1) is 11.3 Å². The quantitative estimate of drug-likeness (QED) is 0.443. The second kappa shape index (κ2) is 5.95. The van der Waals surface area contributed by atoms with E-state index < -0.39 is 4.92 Å². The van der Waals surface area contributed by atoms with Crippen LogP contribution >= 0.6 is 11.3 Å². The number of nitrogens with zero attached hydrogens (tertiary/aromatic N) is 2. The maximum Gasteiger partial charge on any atom is 0.271 e. The maximum atomic E-state index is 12.1. The minimum absolute atomic E-state index is 0.0132. The van der Waals surface area contributed by atoms with Gasteiger partial charge in [0.2, 0.25) is 0 Å². The van der Waals surface area contributed by atoms with Crippen LogP contribution in [0.25, 0.3) is 33.3 Å². The summed E-state index contributed by atoms with van der Waals surface area (Å²) in [5.74, 6) is 0. The smallest absolute Gasteiger partial charge is 0.271 e. The Labute approximate surface area is 145 Å². The molecular formula is C18H11N3O3S. The molecule has 0 bridgehead atoms. The largest absolute Gasteiger partial charge is 0.321 e. The van der Waals surface area contributed by atoms with E-state index in [2.05, 4.69) is 9.97 Å². The van der Waals surface area contributed by atoms with Gasteiger partial charge in [0.05, 0.1) is 15.1 Å². The zero-order valence-electron chi connectivity index (χ0n) is 12.8. The minimum Gasteiger partial charge on any atom is -0.321 e. The number of hydrogen-bond acceptors (Lipinski definition) is 5. The Kier molecular flexibility index (Phi) is 3.62. The molecule has 7 heteroatoms. The lowest BCUT2D eigenvalue weighted by Crippen LogP contribution is -2.08. The van der Waals surface area contributed by atoms with Crippen LogP contribution in [0.1, 0.15) is 10.6 Å². The van der Waals surface area contributed by atoms with Crippen molar-refractivity contribution in [2.45, 2.75) is 0 Å². The van der Waals surface area contributed by atoms with Crippen molar-refractivity contribution in [1.82, 2.24) is 9.97 Å². The van der Waals surface area contributed by atoms with Gasteiger partial charge in [-0.25, -0.2) is 4.98 Å². The van der Waals surface area contributed by atoms with E-state index in [-0.39, 0.29) is 11.2 Å². The fraction of sp³-hybridized carbons (Fsp3) is 0. The Morgan fingerprint density at radius 3 is 2.80 bits per heavy atom. The minimum atomic E-state index is -0.442. The Balaban J connectivity index is 1.72. The highest BCUT2D eigenvalue weighted by Gasteiger charge is 2.09. The number of non-ortho nitro benzene ring substituents is 1. The number of pyridine rings is 1. The van der Waals surface area contributed by atoms with Gasteiger partial charge in [-0.3, -0.25) is 14.9 Å². The lowest BCUT2D eigenvalue weighted by atomic mass is 10.1. The van der Waals surface area contributed by atoms with Gasteiger partial charge in [-0.05, 0) is 35.7 Å². The molecule has 0 unspecified atom stereocenters. The molecule has 2 aromatic carbocycles. The average Bonchev–Trinajstić information content (AvgIpc) is 3.01. The number of fused-ring (bicyclic) bond motifs is 2. The number of hydrogen-bond donors (Lipinski definition) is 1. The fourth-order valence-electron chi connectivity index (χ4n) is 2.57. The van der Waals surface area contributed by atoms with Gasteiger partial charge in [0.25, 0.3) is 11.2 Å². The van der Waals surface area contributed by atoms with E-state index in [1.54, 1.807) is 18.2 Å². The number of H-pyrrole nitrogens is 1. The highest BCUT2D eigenvalue weighted by atomic mass is 32.1. The molecule has 2 aromatic heterocycles. The van der Waals surface area contributed by atoms with E-state index in [1.165, 1.54) is 23.5 Å². The second-order valence-electron chi connectivity index (χ2n) is 5.44. The summed E-state index contributed by atoms with van der Waals surface area (Å²) in [6, 6.07) is 14.0. The number of nitrogens with one attached hydrogen (secondary N) is 1. The van der Waals surface area contributed by atoms with Gasteiger partial charge in [0.1, 0.15) is 5.01 Å². The molecule has 0 amide bonds. The third-order valence-corrected chi connectivity index (χ3v) is 4.79. The molecule has 0 atom stereocenters. The average molecular weight is 349 g/mol. The summed E-state index contributed by atoms with van der Waals surface area (Å²) < 4.78 is 0.859. The number of benzene rings is 2. The van der Waals surface area contributed by atoms with E-state index in [0.29, 0.717) is 16.1 Å². The molecule has 0 saturated heterocycles. The molecule has 6 nitrogen and oxygen atoms in total. The number of nitro benzene ring substituents is 1. The molecule has 25 heavy (non-hydrogen) atoms. The normalized spacial score (nSPS) is 11.5. The van der Waals surface area contributed by atoms with Crippen LogP contribution < -0.4 is 5.56 Å². The highest BCUT2D eigenvalue weighted by Crippen LogP contribution is 2.27.